The molecular formula is C20H30O8. The number of ether oxygens (including phenoxy) is 3. The first kappa shape index (κ1) is 25.6. The Balaban J connectivity index is 4.32. The van der Waals surface area contributed by atoms with Crippen LogP contribution in [0.4, 0.5) is 0 Å². The van der Waals surface area contributed by atoms with Crippen LogP contribution in [0.5, 0.6) is 0 Å². The molecule has 0 aliphatic heterocycles. The molecule has 8 heteroatoms. The summed E-state index contributed by atoms with van der Waals surface area (Å²) in [6.07, 6.45) is -1.03. The third-order valence-corrected chi connectivity index (χ3v) is 3.68. The molecule has 28 heavy (non-hydrogen) atoms. The zero-order chi connectivity index (χ0) is 21.9. The Labute approximate surface area is 165 Å². The lowest BCUT2D eigenvalue weighted by Crippen LogP contribution is -2.29. The second-order valence-corrected chi connectivity index (χ2v) is 6.61. The van der Waals surface area contributed by atoms with Gasteiger partial charge in [-0.05, 0) is 33.6 Å². The standard InChI is InChI=1S/C20H30O8/c1-12(2)19(24)28-17(10-21)11-26-16(6)9-14(4)20(25)27-15(5)8-7-13(3)18(22)23/h15-17,21H,1,3-4,7-11H2,2,5-6H3,(H,22,23). The van der Waals surface area contributed by atoms with Gasteiger partial charge in [-0.25, -0.2) is 14.4 Å². The smallest absolute Gasteiger partial charge is 0.333 e. The molecule has 0 aromatic rings. The average molecular weight is 398 g/mol. The van der Waals surface area contributed by atoms with E-state index in [1.165, 1.54) is 6.92 Å². The van der Waals surface area contributed by atoms with Gasteiger partial charge in [0.1, 0.15) is 6.10 Å². The Morgan fingerprint density at radius 3 is 2.07 bits per heavy atom. The molecule has 0 radical (unpaired) electrons. The third-order valence-electron chi connectivity index (χ3n) is 3.68. The number of hydrogen-bond donors (Lipinski definition) is 2. The van der Waals surface area contributed by atoms with E-state index in [-0.39, 0.29) is 36.2 Å². The summed E-state index contributed by atoms with van der Waals surface area (Å²) in [4.78, 5) is 34.2. The predicted octanol–water partition coefficient (Wildman–Crippen LogP) is 2.17. The third kappa shape index (κ3) is 10.6. The maximum absolute atomic E-state index is 12.0. The van der Waals surface area contributed by atoms with Crippen molar-refractivity contribution < 1.29 is 38.8 Å². The number of aliphatic hydroxyl groups is 1. The first-order valence-corrected chi connectivity index (χ1v) is 8.86. The molecule has 0 spiro atoms. The van der Waals surface area contributed by atoms with Crippen LogP contribution in [-0.2, 0) is 28.6 Å². The lowest BCUT2D eigenvalue weighted by Gasteiger charge is -2.20. The molecule has 0 aromatic carbocycles. The van der Waals surface area contributed by atoms with Gasteiger partial charge in [0.25, 0.3) is 0 Å². The van der Waals surface area contributed by atoms with Gasteiger partial charge in [0.05, 0.1) is 25.4 Å². The second kappa shape index (κ2) is 12.9. The lowest BCUT2D eigenvalue weighted by atomic mass is 10.1. The van der Waals surface area contributed by atoms with Crippen molar-refractivity contribution in [3.8, 4) is 0 Å². The minimum Gasteiger partial charge on any atom is -0.478 e. The van der Waals surface area contributed by atoms with Gasteiger partial charge >= 0.3 is 17.9 Å². The van der Waals surface area contributed by atoms with Crippen molar-refractivity contribution in [3.05, 3.63) is 36.5 Å². The van der Waals surface area contributed by atoms with Crippen molar-refractivity contribution in [1.29, 1.82) is 0 Å². The van der Waals surface area contributed by atoms with Gasteiger partial charge in [0.15, 0.2) is 0 Å². The van der Waals surface area contributed by atoms with E-state index in [2.05, 4.69) is 19.7 Å². The molecule has 158 valence electrons. The van der Waals surface area contributed by atoms with Gasteiger partial charge in [-0.15, -0.1) is 0 Å². The molecule has 0 saturated heterocycles. The van der Waals surface area contributed by atoms with Crippen molar-refractivity contribution in [2.24, 2.45) is 0 Å². The zero-order valence-electron chi connectivity index (χ0n) is 16.7. The number of aliphatic hydroxyl groups excluding tert-OH is 1. The van der Waals surface area contributed by atoms with Crippen molar-refractivity contribution in [2.45, 2.75) is 58.3 Å². The molecule has 0 heterocycles. The largest absolute Gasteiger partial charge is 0.478 e. The van der Waals surface area contributed by atoms with E-state index in [0.29, 0.717) is 6.42 Å². The number of carbonyl (C=O) groups is 3. The van der Waals surface area contributed by atoms with E-state index in [4.69, 9.17) is 19.3 Å². The van der Waals surface area contributed by atoms with Crippen molar-refractivity contribution in [3.63, 3.8) is 0 Å². The lowest BCUT2D eigenvalue weighted by molar-refractivity contribution is -0.151. The molecule has 2 N–H and O–H groups in total. The molecule has 0 amide bonds. The van der Waals surface area contributed by atoms with E-state index >= 15 is 0 Å². The Morgan fingerprint density at radius 1 is 0.964 bits per heavy atom. The summed E-state index contributed by atoms with van der Waals surface area (Å²) in [5, 5.41) is 18.0. The van der Waals surface area contributed by atoms with E-state index in [0.717, 1.165) is 0 Å². The van der Waals surface area contributed by atoms with Crippen LogP contribution in [-0.4, -0.2) is 59.6 Å². The normalized spacial score (nSPS) is 13.7. The molecule has 0 aliphatic carbocycles. The zero-order valence-corrected chi connectivity index (χ0v) is 16.7. The maximum atomic E-state index is 12.0. The molecule has 0 rings (SSSR count). The van der Waals surface area contributed by atoms with Crippen LogP contribution < -0.4 is 0 Å². The van der Waals surface area contributed by atoms with Crippen LogP contribution in [0.2, 0.25) is 0 Å². The van der Waals surface area contributed by atoms with Gasteiger partial charge in [0.2, 0.25) is 0 Å². The molecule has 3 unspecified atom stereocenters. The topological polar surface area (TPSA) is 119 Å². The summed E-state index contributed by atoms with van der Waals surface area (Å²) in [5.41, 5.74) is 0.453. The summed E-state index contributed by atoms with van der Waals surface area (Å²) < 4.78 is 15.7. The van der Waals surface area contributed by atoms with Crippen molar-refractivity contribution in [2.75, 3.05) is 13.2 Å². The fourth-order valence-corrected chi connectivity index (χ4v) is 1.95. The van der Waals surface area contributed by atoms with Crippen LogP contribution >= 0.6 is 0 Å². The van der Waals surface area contributed by atoms with Gasteiger partial charge in [-0.2, -0.15) is 0 Å². The fraction of sp³-hybridized carbons (Fsp3) is 0.550. The quantitative estimate of drug-likeness (QED) is 0.337. The minimum atomic E-state index is -1.08. The minimum absolute atomic E-state index is 0.0489. The first-order chi connectivity index (χ1) is 13.0. The highest BCUT2D eigenvalue weighted by Gasteiger charge is 2.19. The highest BCUT2D eigenvalue weighted by atomic mass is 16.6. The Kier molecular flexibility index (Phi) is 11.7. The summed E-state index contributed by atoms with van der Waals surface area (Å²) >= 11 is 0. The summed E-state index contributed by atoms with van der Waals surface area (Å²) in [6.45, 7) is 14.9. The molecule has 3 atom stereocenters. The number of carboxylic acids is 1. The van der Waals surface area contributed by atoms with Gasteiger partial charge < -0.3 is 24.4 Å². The van der Waals surface area contributed by atoms with Crippen molar-refractivity contribution >= 4 is 17.9 Å². The monoisotopic (exact) mass is 398 g/mol. The maximum Gasteiger partial charge on any atom is 0.333 e. The Hall–Kier alpha value is -2.45. The van der Waals surface area contributed by atoms with E-state index in [9.17, 15) is 19.5 Å². The van der Waals surface area contributed by atoms with Crippen molar-refractivity contribution in [1.82, 2.24) is 0 Å². The summed E-state index contributed by atoms with van der Waals surface area (Å²) in [6, 6.07) is 0. The molecule has 0 bridgehead atoms. The van der Waals surface area contributed by atoms with Crippen LogP contribution in [0.1, 0.15) is 40.0 Å². The van der Waals surface area contributed by atoms with E-state index in [1.807, 2.05) is 0 Å². The van der Waals surface area contributed by atoms with Gasteiger partial charge in [-0.1, -0.05) is 19.7 Å². The second-order valence-electron chi connectivity index (χ2n) is 6.61. The molecule has 0 saturated carbocycles. The van der Waals surface area contributed by atoms with E-state index in [1.54, 1.807) is 13.8 Å². The van der Waals surface area contributed by atoms with Crippen LogP contribution in [0, 0.1) is 0 Å². The summed E-state index contributed by atoms with van der Waals surface area (Å²) in [5.74, 6) is -2.30. The molecule has 0 aliphatic rings. The molecule has 0 aromatic heterocycles. The number of carbonyl (C=O) groups excluding carboxylic acids is 2. The Bertz CT molecular complexity index is 607. The number of hydrogen-bond acceptors (Lipinski definition) is 7. The number of carboxylic acid groups (broad SMARTS) is 1. The van der Waals surface area contributed by atoms with Crippen LogP contribution in [0.25, 0.3) is 0 Å². The number of rotatable bonds is 14. The molecule has 0 fully saturated rings. The SMILES string of the molecule is C=C(C)C(=O)OC(CO)COC(C)CC(=C)C(=O)OC(C)CCC(=C)C(=O)O. The highest BCUT2D eigenvalue weighted by Crippen LogP contribution is 2.14. The van der Waals surface area contributed by atoms with E-state index < -0.39 is 42.8 Å². The van der Waals surface area contributed by atoms with Crippen LogP contribution in [0.15, 0.2) is 36.5 Å². The number of aliphatic carboxylic acids is 1. The number of esters is 2. The fourth-order valence-electron chi connectivity index (χ4n) is 1.95. The van der Waals surface area contributed by atoms with Gasteiger partial charge in [0, 0.05) is 23.1 Å². The van der Waals surface area contributed by atoms with Crippen LogP contribution in [0.3, 0.4) is 0 Å². The summed E-state index contributed by atoms with van der Waals surface area (Å²) in [7, 11) is 0. The molecular weight excluding hydrogens is 368 g/mol. The average Bonchev–Trinajstić information content (AvgIpc) is 2.62. The predicted molar refractivity (Wildman–Crippen MR) is 103 cm³/mol. The molecule has 8 nitrogen and oxygen atoms in total. The van der Waals surface area contributed by atoms with Gasteiger partial charge in [-0.3, -0.25) is 0 Å². The highest BCUT2D eigenvalue weighted by molar-refractivity contribution is 5.88. The Morgan fingerprint density at radius 2 is 1.57 bits per heavy atom. The first-order valence-electron chi connectivity index (χ1n) is 8.86.